The van der Waals surface area contributed by atoms with Crippen LogP contribution in [0.25, 0.3) is 6.08 Å². The Balaban J connectivity index is 2.36. The van der Waals surface area contributed by atoms with Gasteiger partial charge in [0.15, 0.2) is 5.12 Å². The van der Waals surface area contributed by atoms with Gasteiger partial charge in [-0.05, 0) is 57.3 Å². The first-order valence-corrected chi connectivity index (χ1v) is 9.45. The maximum Gasteiger partial charge on any atom is 0.491 e. The van der Waals surface area contributed by atoms with Crippen LogP contribution in [0.15, 0.2) is 23.7 Å². The first-order valence-electron chi connectivity index (χ1n) is 8.46. The van der Waals surface area contributed by atoms with Crippen molar-refractivity contribution in [1.82, 2.24) is 0 Å². The van der Waals surface area contributed by atoms with Crippen LogP contribution in [0.2, 0.25) is 0 Å². The number of hydrogen-bond acceptors (Lipinski definition) is 5. The Morgan fingerprint density at radius 1 is 1.19 bits per heavy atom. The third kappa shape index (κ3) is 4.58. The molecule has 1 aliphatic rings. The molecule has 26 heavy (non-hydrogen) atoms. The molecule has 0 aromatic heterocycles. The zero-order valence-electron chi connectivity index (χ0n) is 16.1. The summed E-state index contributed by atoms with van der Waals surface area (Å²) < 4.78 is 12.2. The molecule has 0 radical (unpaired) electrons. The van der Waals surface area contributed by atoms with Crippen molar-refractivity contribution in [3.63, 3.8) is 0 Å². The number of thioether (sulfide) groups is 1. The van der Waals surface area contributed by atoms with E-state index in [0.717, 1.165) is 11.0 Å². The van der Waals surface area contributed by atoms with Gasteiger partial charge in [0.2, 0.25) is 0 Å². The van der Waals surface area contributed by atoms with Crippen molar-refractivity contribution in [2.24, 2.45) is 0 Å². The second-order valence-corrected chi connectivity index (χ2v) is 8.62. The molecule has 1 N–H and O–H groups in total. The molecular weight excluding hydrogens is 351 g/mol. The van der Waals surface area contributed by atoms with E-state index in [2.05, 4.69) is 0 Å². The summed E-state index contributed by atoms with van der Waals surface area (Å²) in [4.78, 5) is 22.6. The average molecular weight is 376 g/mol. The van der Waals surface area contributed by atoms with E-state index in [9.17, 15) is 14.7 Å². The largest absolute Gasteiger partial charge is 0.491 e. The van der Waals surface area contributed by atoms with Gasteiger partial charge in [-0.2, -0.15) is 0 Å². The van der Waals surface area contributed by atoms with E-state index in [-0.39, 0.29) is 10.7 Å². The number of carboxylic acid groups (broad SMARTS) is 1. The third-order valence-electron chi connectivity index (χ3n) is 4.83. The molecular formula is C19H25BO5S. The van der Waals surface area contributed by atoms with Crippen LogP contribution >= 0.6 is 11.8 Å². The van der Waals surface area contributed by atoms with E-state index in [1.807, 2.05) is 39.8 Å². The second kappa shape index (κ2) is 7.58. The predicted molar refractivity (Wildman–Crippen MR) is 105 cm³/mol. The predicted octanol–water partition coefficient (Wildman–Crippen LogP) is 3.99. The molecule has 0 unspecified atom stereocenters. The number of rotatable bonds is 5. The molecule has 1 aromatic rings. The van der Waals surface area contributed by atoms with Crippen molar-refractivity contribution in [3.8, 4) is 0 Å². The highest BCUT2D eigenvalue weighted by atomic mass is 32.2. The quantitative estimate of drug-likeness (QED) is 0.784. The van der Waals surface area contributed by atoms with Gasteiger partial charge in [-0.3, -0.25) is 4.79 Å². The highest BCUT2D eigenvalue weighted by molar-refractivity contribution is 8.13. The Labute approximate surface area is 159 Å². The molecule has 1 aromatic carbocycles. The molecule has 1 aliphatic heterocycles. The lowest BCUT2D eigenvalue weighted by atomic mass is 9.78. The van der Waals surface area contributed by atoms with Crippen molar-refractivity contribution in [2.75, 3.05) is 5.75 Å². The van der Waals surface area contributed by atoms with Crippen LogP contribution in [-0.2, 0) is 14.1 Å². The molecule has 2 rings (SSSR count). The SMILES string of the molecule is CC(=O)SCC(=Cc1ccc(C(=O)O)c(C)c1)B1OC(C)(C)C(C)(C)O1. The lowest BCUT2D eigenvalue weighted by Gasteiger charge is -2.32. The summed E-state index contributed by atoms with van der Waals surface area (Å²) in [6, 6.07) is 5.15. The van der Waals surface area contributed by atoms with E-state index in [0.29, 0.717) is 11.3 Å². The van der Waals surface area contributed by atoms with E-state index >= 15 is 0 Å². The number of carbonyl (C=O) groups is 2. The Morgan fingerprint density at radius 2 is 1.77 bits per heavy atom. The summed E-state index contributed by atoms with van der Waals surface area (Å²) in [5.74, 6) is -0.498. The van der Waals surface area contributed by atoms with Crippen molar-refractivity contribution in [3.05, 3.63) is 40.4 Å². The minimum Gasteiger partial charge on any atom is -0.478 e. The van der Waals surface area contributed by atoms with Crippen LogP contribution in [0.4, 0.5) is 0 Å². The minimum absolute atomic E-state index is 0.0184. The Hall–Kier alpha value is -1.57. The normalized spacial score (nSPS) is 18.8. The molecule has 0 spiro atoms. The Kier molecular flexibility index (Phi) is 6.05. The fourth-order valence-electron chi connectivity index (χ4n) is 2.59. The number of carbonyl (C=O) groups excluding carboxylic acids is 1. The fraction of sp³-hybridized carbons (Fsp3) is 0.474. The summed E-state index contributed by atoms with van der Waals surface area (Å²) in [6.45, 7) is 11.2. The molecule has 0 atom stereocenters. The van der Waals surface area contributed by atoms with Gasteiger partial charge in [0, 0.05) is 12.7 Å². The summed E-state index contributed by atoms with van der Waals surface area (Å²) in [5.41, 5.74) is 1.70. The zero-order chi connectivity index (χ0) is 19.7. The lowest BCUT2D eigenvalue weighted by Crippen LogP contribution is -2.41. The standard InChI is InChI=1S/C19H25BO5S/c1-12-9-14(7-8-16(12)17(22)23)10-15(11-26-13(2)21)20-24-18(3,4)19(5,6)25-20/h7-10H,11H2,1-6H3,(H,22,23). The summed E-state index contributed by atoms with van der Waals surface area (Å²) in [5, 5.41) is 9.19. The first-order chi connectivity index (χ1) is 11.9. The van der Waals surface area contributed by atoms with Gasteiger partial charge < -0.3 is 14.4 Å². The van der Waals surface area contributed by atoms with Gasteiger partial charge in [-0.15, -0.1) is 0 Å². The van der Waals surface area contributed by atoms with Crippen LogP contribution in [0.1, 0.15) is 56.1 Å². The summed E-state index contributed by atoms with van der Waals surface area (Å²) >= 11 is 1.20. The molecule has 0 aliphatic carbocycles. The van der Waals surface area contributed by atoms with Crippen molar-refractivity contribution < 1.29 is 24.0 Å². The zero-order valence-corrected chi connectivity index (χ0v) is 16.9. The third-order valence-corrected chi connectivity index (χ3v) is 5.72. The van der Waals surface area contributed by atoms with Crippen LogP contribution in [0, 0.1) is 6.92 Å². The van der Waals surface area contributed by atoms with Crippen molar-refractivity contribution in [2.45, 2.75) is 52.7 Å². The molecule has 0 amide bonds. The molecule has 1 fully saturated rings. The Morgan fingerprint density at radius 3 is 2.23 bits per heavy atom. The number of aryl methyl sites for hydroxylation is 1. The molecule has 1 heterocycles. The average Bonchev–Trinajstić information content (AvgIpc) is 2.71. The van der Waals surface area contributed by atoms with Crippen LogP contribution in [0.5, 0.6) is 0 Å². The van der Waals surface area contributed by atoms with Gasteiger partial charge in [-0.25, -0.2) is 4.79 Å². The van der Waals surface area contributed by atoms with Gasteiger partial charge in [-0.1, -0.05) is 30.0 Å². The van der Waals surface area contributed by atoms with Crippen LogP contribution in [-0.4, -0.2) is 40.3 Å². The number of aromatic carboxylic acids is 1. The molecule has 7 heteroatoms. The van der Waals surface area contributed by atoms with Crippen molar-refractivity contribution >= 4 is 36.0 Å². The fourth-order valence-corrected chi connectivity index (χ4v) is 3.18. The highest BCUT2D eigenvalue weighted by Gasteiger charge is 2.52. The molecule has 0 bridgehead atoms. The second-order valence-electron chi connectivity index (χ2n) is 7.47. The van der Waals surface area contributed by atoms with E-state index in [1.54, 1.807) is 19.1 Å². The monoisotopic (exact) mass is 376 g/mol. The summed E-state index contributed by atoms with van der Waals surface area (Å²) in [7, 11) is -0.550. The topological polar surface area (TPSA) is 72.8 Å². The number of carboxylic acids is 1. The number of benzene rings is 1. The Bertz CT molecular complexity index is 738. The molecule has 140 valence electrons. The van der Waals surface area contributed by atoms with E-state index in [1.165, 1.54) is 18.7 Å². The lowest BCUT2D eigenvalue weighted by molar-refractivity contribution is -0.109. The maximum absolute atomic E-state index is 11.4. The van der Waals surface area contributed by atoms with Gasteiger partial charge in [0.25, 0.3) is 0 Å². The maximum atomic E-state index is 11.4. The molecule has 0 saturated carbocycles. The van der Waals surface area contributed by atoms with Crippen LogP contribution in [0.3, 0.4) is 0 Å². The smallest absolute Gasteiger partial charge is 0.478 e. The highest BCUT2D eigenvalue weighted by Crippen LogP contribution is 2.39. The van der Waals surface area contributed by atoms with Gasteiger partial charge in [0.05, 0.1) is 16.8 Å². The minimum atomic E-state index is -0.948. The van der Waals surface area contributed by atoms with Gasteiger partial charge in [0.1, 0.15) is 0 Å². The number of hydrogen-bond donors (Lipinski definition) is 1. The summed E-state index contributed by atoms with van der Waals surface area (Å²) in [6.07, 6.45) is 1.91. The molecule has 1 saturated heterocycles. The van der Waals surface area contributed by atoms with Crippen molar-refractivity contribution in [1.29, 1.82) is 0 Å². The molecule has 5 nitrogen and oxygen atoms in total. The first kappa shape index (κ1) is 20.7. The van der Waals surface area contributed by atoms with E-state index in [4.69, 9.17) is 9.31 Å². The van der Waals surface area contributed by atoms with Crippen LogP contribution < -0.4 is 0 Å². The van der Waals surface area contributed by atoms with Gasteiger partial charge >= 0.3 is 13.1 Å². The van der Waals surface area contributed by atoms with E-state index < -0.39 is 24.3 Å².